The summed E-state index contributed by atoms with van der Waals surface area (Å²) in [6, 6.07) is 3.96. The van der Waals surface area contributed by atoms with Crippen molar-refractivity contribution in [3.63, 3.8) is 0 Å². The average Bonchev–Trinajstić information content (AvgIpc) is 3.25. The Labute approximate surface area is 126 Å². The van der Waals surface area contributed by atoms with E-state index in [1.807, 2.05) is 18.3 Å². The van der Waals surface area contributed by atoms with Crippen LogP contribution in [0.15, 0.2) is 29.7 Å². The molecule has 3 rings (SSSR count). The Morgan fingerprint density at radius 3 is 2.95 bits per heavy atom. The standard InChI is InChI=1S/C14H16N4O2S/c1-9(11-3-2-6-15-7-11)18-13(10-4-5-10)16-17-14(18)21-8-12(19)20/h2-3,6-7,9-10H,4-5,8H2,1H3,(H,19,20). The molecule has 0 aliphatic heterocycles. The molecule has 2 aromatic rings. The van der Waals surface area contributed by atoms with Crippen LogP contribution in [0.3, 0.4) is 0 Å². The summed E-state index contributed by atoms with van der Waals surface area (Å²) in [6.07, 6.45) is 5.82. The van der Waals surface area contributed by atoms with Gasteiger partial charge in [-0.25, -0.2) is 0 Å². The summed E-state index contributed by atoms with van der Waals surface area (Å²) in [5.74, 6) is 0.550. The third-order valence-corrected chi connectivity index (χ3v) is 4.44. The number of carboxylic acid groups (broad SMARTS) is 1. The van der Waals surface area contributed by atoms with Crippen LogP contribution in [0.1, 0.15) is 43.1 Å². The van der Waals surface area contributed by atoms with Gasteiger partial charge in [-0.3, -0.25) is 14.3 Å². The summed E-state index contributed by atoms with van der Waals surface area (Å²) in [6.45, 7) is 2.07. The minimum absolute atomic E-state index is 0.0113. The van der Waals surface area contributed by atoms with Crippen LogP contribution in [-0.4, -0.2) is 36.6 Å². The fourth-order valence-electron chi connectivity index (χ4n) is 2.27. The lowest BCUT2D eigenvalue weighted by molar-refractivity contribution is -0.133. The highest BCUT2D eigenvalue weighted by molar-refractivity contribution is 7.99. The monoisotopic (exact) mass is 304 g/mol. The first-order valence-electron chi connectivity index (χ1n) is 6.86. The van der Waals surface area contributed by atoms with Gasteiger partial charge in [0.2, 0.25) is 0 Å². The van der Waals surface area contributed by atoms with Crippen LogP contribution in [0.4, 0.5) is 0 Å². The van der Waals surface area contributed by atoms with Gasteiger partial charge in [0, 0.05) is 18.3 Å². The molecule has 6 nitrogen and oxygen atoms in total. The Kier molecular flexibility index (Phi) is 3.92. The molecule has 1 aliphatic carbocycles. The molecule has 1 unspecified atom stereocenters. The van der Waals surface area contributed by atoms with Crippen molar-refractivity contribution in [3.8, 4) is 0 Å². The van der Waals surface area contributed by atoms with E-state index in [1.54, 1.807) is 6.20 Å². The second-order valence-electron chi connectivity index (χ2n) is 5.13. The zero-order valence-electron chi connectivity index (χ0n) is 11.6. The lowest BCUT2D eigenvalue weighted by Gasteiger charge is -2.17. The number of hydrogen-bond acceptors (Lipinski definition) is 5. The molecule has 0 radical (unpaired) electrons. The van der Waals surface area contributed by atoms with Crippen molar-refractivity contribution in [3.05, 3.63) is 35.9 Å². The molecule has 1 aliphatic rings. The summed E-state index contributed by atoms with van der Waals surface area (Å²) in [5.41, 5.74) is 1.07. The lowest BCUT2D eigenvalue weighted by Crippen LogP contribution is -2.12. The zero-order chi connectivity index (χ0) is 14.8. The summed E-state index contributed by atoms with van der Waals surface area (Å²) in [5, 5.41) is 18.0. The van der Waals surface area contributed by atoms with E-state index in [0.717, 1.165) is 24.2 Å². The van der Waals surface area contributed by atoms with Crippen LogP contribution in [0, 0.1) is 0 Å². The number of nitrogens with zero attached hydrogens (tertiary/aromatic N) is 4. The van der Waals surface area contributed by atoms with Crippen molar-refractivity contribution in [1.29, 1.82) is 0 Å². The number of hydrogen-bond donors (Lipinski definition) is 1. The minimum atomic E-state index is -0.850. The summed E-state index contributed by atoms with van der Waals surface area (Å²) >= 11 is 1.21. The topological polar surface area (TPSA) is 80.9 Å². The van der Waals surface area contributed by atoms with Gasteiger partial charge in [0.1, 0.15) is 5.82 Å². The maximum absolute atomic E-state index is 10.8. The van der Waals surface area contributed by atoms with Gasteiger partial charge in [0.05, 0.1) is 11.8 Å². The maximum atomic E-state index is 10.8. The molecule has 2 heterocycles. The number of carboxylic acids is 1. The van der Waals surface area contributed by atoms with Gasteiger partial charge < -0.3 is 5.11 Å². The van der Waals surface area contributed by atoms with Crippen molar-refractivity contribution in [1.82, 2.24) is 19.7 Å². The number of aliphatic carboxylic acids is 1. The van der Waals surface area contributed by atoms with E-state index in [1.165, 1.54) is 11.8 Å². The van der Waals surface area contributed by atoms with E-state index < -0.39 is 5.97 Å². The average molecular weight is 304 g/mol. The number of carbonyl (C=O) groups is 1. The van der Waals surface area contributed by atoms with Crippen molar-refractivity contribution in [2.24, 2.45) is 0 Å². The molecule has 2 aromatic heterocycles. The first-order chi connectivity index (χ1) is 10.2. The van der Waals surface area contributed by atoms with E-state index in [0.29, 0.717) is 11.1 Å². The number of aromatic nitrogens is 4. The second kappa shape index (κ2) is 5.85. The van der Waals surface area contributed by atoms with Crippen LogP contribution in [0.2, 0.25) is 0 Å². The molecule has 21 heavy (non-hydrogen) atoms. The van der Waals surface area contributed by atoms with Crippen LogP contribution in [-0.2, 0) is 4.79 Å². The van der Waals surface area contributed by atoms with E-state index in [2.05, 4.69) is 26.7 Å². The highest BCUT2D eigenvalue weighted by atomic mass is 32.2. The van der Waals surface area contributed by atoms with Gasteiger partial charge in [0.25, 0.3) is 0 Å². The van der Waals surface area contributed by atoms with Crippen LogP contribution < -0.4 is 0 Å². The highest BCUT2D eigenvalue weighted by Crippen LogP contribution is 2.41. The van der Waals surface area contributed by atoms with E-state index in [4.69, 9.17) is 5.11 Å². The molecular formula is C14H16N4O2S. The molecule has 0 bridgehead atoms. The van der Waals surface area contributed by atoms with Gasteiger partial charge in [0.15, 0.2) is 5.16 Å². The molecule has 1 fully saturated rings. The Balaban J connectivity index is 1.94. The third-order valence-electron chi connectivity index (χ3n) is 3.51. The summed E-state index contributed by atoms with van der Waals surface area (Å²) in [4.78, 5) is 14.9. The van der Waals surface area contributed by atoms with Crippen molar-refractivity contribution in [2.45, 2.75) is 36.9 Å². The Bertz CT molecular complexity index is 640. The second-order valence-corrected chi connectivity index (χ2v) is 6.07. The highest BCUT2D eigenvalue weighted by Gasteiger charge is 2.32. The van der Waals surface area contributed by atoms with Gasteiger partial charge >= 0.3 is 5.97 Å². The Morgan fingerprint density at radius 1 is 1.52 bits per heavy atom. The SMILES string of the molecule is CC(c1cccnc1)n1c(SCC(=O)O)nnc1C1CC1. The van der Waals surface area contributed by atoms with Crippen LogP contribution in [0.25, 0.3) is 0 Å². The Hall–Kier alpha value is -1.89. The lowest BCUT2D eigenvalue weighted by atomic mass is 10.1. The van der Waals surface area contributed by atoms with E-state index >= 15 is 0 Å². The number of thioether (sulfide) groups is 1. The van der Waals surface area contributed by atoms with Gasteiger partial charge in [-0.1, -0.05) is 17.8 Å². The molecule has 0 spiro atoms. The number of pyridine rings is 1. The summed E-state index contributed by atoms with van der Waals surface area (Å²) < 4.78 is 2.06. The molecule has 1 saturated carbocycles. The van der Waals surface area contributed by atoms with E-state index in [-0.39, 0.29) is 11.8 Å². The molecule has 0 saturated heterocycles. The molecular weight excluding hydrogens is 288 g/mol. The smallest absolute Gasteiger partial charge is 0.313 e. The zero-order valence-corrected chi connectivity index (χ0v) is 12.5. The predicted molar refractivity (Wildman–Crippen MR) is 78.4 cm³/mol. The normalized spacial score (nSPS) is 15.9. The van der Waals surface area contributed by atoms with Gasteiger partial charge in [-0.05, 0) is 31.4 Å². The minimum Gasteiger partial charge on any atom is -0.481 e. The third kappa shape index (κ3) is 3.07. The van der Waals surface area contributed by atoms with Gasteiger partial charge in [-0.15, -0.1) is 10.2 Å². The summed E-state index contributed by atoms with van der Waals surface area (Å²) in [7, 11) is 0. The Morgan fingerprint density at radius 2 is 2.33 bits per heavy atom. The fourth-order valence-corrected chi connectivity index (χ4v) is 3.01. The first-order valence-corrected chi connectivity index (χ1v) is 7.84. The largest absolute Gasteiger partial charge is 0.481 e. The molecule has 0 aromatic carbocycles. The van der Waals surface area contributed by atoms with Crippen LogP contribution in [0.5, 0.6) is 0 Å². The van der Waals surface area contributed by atoms with Crippen LogP contribution >= 0.6 is 11.8 Å². The molecule has 1 atom stereocenters. The molecule has 0 amide bonds. The van der Waals surface area contributed by atoms with Crippen molar-refractivity contribution < 1.29 is 9.90 Å². The van der Waals surface area contributed by atoms with Crippen molar-refractivity contribution in [2.75, 3.05) is 5.75 Å². The van der Waals surface area contributed by atoms with Crippen molar-refractivity contribution >= 4 is 17.7 Å². The first kappa shape index (κ1) is 14.1. The van der Waals surface area contributed by atoms with Gasteiger partial charge in [-0.2, -0.15) is 0 Å². The number of rotatable bonds is 6. The molecule has 1 N–H and O–H groups in total. The quantitative estimate of drug-likeness (QED) is 0.825. The maximum Gasteiger partial charge on any atom is 0.313 e. The fraction of sp³-hybridized carbons (Fsp3) is 0.429. The molecule has 110 valence electrons. The molecule has 7 heteroatoms. The van der Waals surface area contributed by atoms with E-state index in [9.17, 15) is 4.79 Å². The predicted octanol–water partition coefficient (Wildman–Crippen LogP) is 2.34.